The second kappa shape index (κ2) is 5.88. The van der Waals surface area contributed by atoms with E-state index in [0.717, 1.165) is 16.6 Å². The van der Waals surface area contributed by atoms with E-state index in [1.807, 2.05) is 0 Å². The van der Waals surface area contributed by atoms with Crippen LogP contribution < -0.4 is 4.74 Å². The molecular weight excluding hydrogens is 353 g/mol. The second-order valence-electron chi connectivity index (χ2n) is 4.25. The van der Waals surface area contributed by atoms with Crippen LogP contribution in [0.1, 0.15) is 23.3 Å². The molecule has 0 bridgehead atoms. The number of halogens is 4. The van der Waals surface area contributed by atoms with E-state index in [4.69, 9.17) is 0 Å². The summed E-state index contributed by atoms with van der Waals surface area (Å²) in [7, 11) is 0. The van der Waals surface area contributed by atoms with Crippen LogP contribution in [0.4, 0.5) is 13.2 Å². The highest BCUT2D eigenvalue weighted by atomic mass is 79.9. The van der Waals surface area contributed by atoms with E-state index in [2.05, 4.69) is 25.8 Å². The lowest BCUT2D eigenvalue weighted by molar-refractivity contribution is -0.274. The number of Topliss-reactive ketones (excluding diaryl/α,β-unsaturated/α-hetero) is 1. The minimum Gasteiger partial charge on any atom is -0.406 e. The molecule has 1 heterocycles. The first-order valence-corrected chi connectivity index (χ1v) is 6.65. The van der Waals surface area contributed by atoms with Crippen molar-refractivity contribution >= 4 is 21.7 Å². The number of benzene rings is 1. The number of hydrogen-bond donors (Lipinski definition) is 0. The number of nitrogens with zero attached hydrogens (tertiary/aromatic N) is 2. The summed E-state index contributed by atoms with van der Waals surface area (Å²) in [5.41, 5.74) is 0.281. The number of ketones is 1. The molecule has 0 radical (unpaired) electrons. The molecule has 0 aliphatic carbocycles. The molecule has 0 unspecified atom stereocenters. The molecule has 21 heavy (non-hydrogen) atoms. The number of carbonyl (C=O) groups excluding carboxylic acids is 1. The number of aromatic nitrogens is 2. The van der Waals surface area contributed by atoms with Gasteiger partial charge in [-0.3, -0.25) is 9.48 Å². The van der Waals surface area contributed by atoms with E-state index in [9.17, 15) is 18.0 Å². The Hall–Kier alpha value is -1.83. The Morgan fingerprint density at radius 1 is 1.33 bits per heavy atom. The molecule has 1 atom stereocenters. The standard InChI is InChI=1S/C13H10BrF3N2O2/c1-8(19-7-10(14)6-18-19)12(20)9-2-4-11(5-3-9)21-13(15,16)17/h2-8H,1H3/t8-/m0/s1. The van der Waals surface area contributed by atoms with Crippen molar-refractivity contribution in [3.63, 3.8) is 0 Å². The molecule has 2 aromatic rings. The fourth-order valence-electron chi connectivity index (χ4n) is 1.71. The first-order chi connectivity index (χ1) is 9.76. The predicted molar refractivity (Wildman–Crippen MR) is 72.1 cm³/mol. The summed E-state index contributed by atoms with van der Waals surface area (Å²) in [6, 6.07) is 4.22. The number of carbonyl (C=O) groups is 1. The predicted octanol–water partition coefficient (Wildman–Crippen LogP) is 3.99. The van der Waals surface area contributed by atoms with Crippen molar-refractivity contribution in [3.8, 4) is 5.75 Å². The molecule has 0 amide bonds. The molecule has 0 aliphatic heterocycles. The van der Waals surface area contributed by atoms with Crippen molar-refractivity contribution < 1.29 is 22.7 Å². The van der Waals surface area contributed by atoms with Gasteiger partial charge in [-0.05, 0) is 47.1 Å². The summed E-state index contributed by atoms with van der Waals surface area (Å²) < 4.78 is 42.1. The van der Waals surface area contributed by atoms with Gasteiger partial charge in [0.1, 0.15) is 11.8 Å². The average molecular weight is 363 g/mol. The molecule has 1 aromatic heterocycles. The maximum absolute atomic E-state index is 12.2. The highest BCUT2D eigenvalue weighted by molar-refractivity contribution is 9.10. The van der Waals surface area contributed by atoms with Crippen LogP contribution >= 0.6 is 15.9 Å². The Labute approximate surface area is 126 Å². The Kier molecular flexibility index (Phi) is 4.36. The molecule has 0 fully saturated rings. The van der Waals surface area contributed by atoms with Gasteiger partial charge in [-0.1, -0.05) is 0 Å². The second-order valence-corrected chi connectivity index (χ2v) is 5.17. The van der Waals surface area contributed by atoms with E-state index in [-0.39, 0.29) is 17.1 Å². The highest BCUT2D eigenvalue weighted by Gasteiger charge is 2.31. The monoisotopic (exact) mass is 362 g/mol. The third kappa shape index (κ3) is 4.07. The average Bonchev–Trinajstić information content (AvgIpc) is 2.83. The first-order valence-electron chi connectivity index (χ1n) is 5.86. The van der Waals surface area contributed by atoms with Crippen LogP contribution in [-0.2, 0) is 0 Å². The minimum atomic E-state index is -4.75. The molecular formula is C13H10BrF3N2O2. The van der Waals surface area contributed by atoms with Gasteiger partial charge in [0.15, 0.2) is 5.78 Å². The van der Waals surface area contributed by atoms with Crippen molar-refractivity contribution in [2.24, 2.45) is 0 Å². The molecule has 0 saturated carbocycles. The third-order valence-electron chi connectivity index (χ3n) is 2.72. The number of rotatable bonds is 4. The lowest BCUT2D eigenvalue weighted by atomic mass is 10.1. The lowest BCUT2D eigenvalue weighted by Gasteiger charge is -2.12. The maximum Gasteiger partial charge on any atom is 0.573 e. The lowest BCUT2D eigenvalue weighted by Crippen LogP contribution is -2.18. The van der Waals surface area contributed by atoms with Gasteiger partial charge in [0.25, 0.3) is 0 Å². The highest BCUT2D eigenvalue weighted by Crippen LogP contribution is 2.24. The van der Waals surface area contributed by atoms with Gasteiger partial charge < -0.3 is 4.74 Å². The smallest absolute Gasteiger partial charge is 0.406 e. The fourth-order valence-corrected chi connectivity index (χ4v) is 2.01. The summed E-state index contributed by atoms with van der Waals surface area (Å²) in [5, 5.41) is 4.00. The van der Waals surface area contributed by atoms with Crippen LogP contribution in [0.3, 0.4) is 0 Å². The summed E-state index contributed by atoms with van der Waals surface area (Å²) in [6.07, 6.45) is -1.56. The van der Waals surface area contributed by atoms with Gasteiger partial charge in [-0.2, -0.15) is 5.10 Å². The maximum atomic E-state index is 12.2. The van der Waals surface area contributed by atoms with Crippen LogP contribution in [0.5, 0.6) is 5.75 Å². The van der Waals surface area contributed by atoms with Gasteiger partial charge in [0, 0.05) is 11.8 Å². The zero-order chi connectivity index (χ0) is 15.6. The number of hydrogen-bond acceptors (Lipinski definition) is 3. The normalized spacial score (nSPS) is 13.0. The summed E-state index contributed by atoms with van der Waals surface area (Å²) in [4.78, 5) is 12.2. The quantitative estimate of drug-likeness (QED) is 0.772. The van der Waals surface area contributed by atoms with Crippen molar-refractivity contribution in [1.29, 1.82) is 0 Å². The van der Waals surface area contributed by atoms with Crippen molar-refractivity contribution in [3.05, 3.63) is 46.7 Å². The molecule has 112 valence electrons. The van der Waals surface area contributed by atoms with Gasteiger partial charge in [-0.15, -0.1) is 13.2 Å². The van der Waals surface area contributed by atoms with Crippen LogP contribution in [0.15, 0.2) is 41.1 Å². The fraction of sp³-hybridized carbons (Fsp3) is 0.231. The molecule has 0 spiro atoms. The Bertz CT molecular complexity index is 638. The van der Waals surface area contributed by atoms with E-state index >= 15 is 0 Å². The van der Waals surface area contributed by atoms with Crippen LogP contribution in [-0.4, -0.2) is 21.9 Å². The third-order valence-corrected chi connectivity index (χ3v) is 3.13. The molecule has 2 rings (SSSR count). The van der Waals surface area contributed by atoms with E-state index in [1.54, 1.807) is 19.3 Å². The topological polar surface area (TPSA) is 44.1 Å². The minimum absolute atomic E-state index is 0.260. The molecule has 1 aromatic carbocycles. The van der Waals surface area contributed by atoms with Gasteiger partial charge in [-0.25, -0.2) is 0 Å². The number of alkyl halides is 3. The largest absolute Gasteiger partial charge is 0.573 e. The van der Waals surface area contributed by atoms with Crippen molar-refractivity contribution in [1.82, 2.24) is 9.78 Å². The van der Waals surface area contributed by atoms with Crippen molar-refractivity contribution in [2.45, 2.75) is 19.3 Å². The van der Waals surface area contributed by atoms with E-state index in [1.165, 1.54) is 16.8 Å². The Balaban J connectivity index is 2.13. The Morgan fingerprint density at radius 2 is 1.95 bits per heavy atom. The van der Waals surface area contributed by atoms with E-state index in [0.29, 0.717) is 0 Å². The summed E-state index contributed by atoms with van der Waals surface area (Å²) >= 11 is 3.23. The van der Waals surface area contributed by atoms with Crippen LogP contribution in [0, 0.1) is 0 Å². The van der Waals surface area contributed by atoms with Crippen LogP contribution in [0.2, 0.25) is 0 Å². The Morgan fingerprint density at radius 3 is 2.43 bits per heavy atom. The molecule has 0 N–H and O–H groups in total. The van der Waals surface area contributed by atoms with Gasteiger partial charge >= 0.3 is 6.36 Å². The molecule has 0 aliphatic rings. The van der Waals surface area contributed by atoms with Gasteiger partial charge in [0.05, 0.1) is 10.7 Å². The number of ether oxygens (including phenoxy) is 1. The van der Waals surface area contributed by atoms with Gasteiger partial charge in [0.2, 0.25) is 0 Å². The SMILES string of the molecule is C[C@@H](C(=O)c1ccc(OC(F)(F)F)cc1)n1cc(Br)cn1. The molecule has 0 saturated heterocycles. The first kappa shape index (κ1) is 15.6. The molecule has 8 heteroatoms. The van der Waals surface area contributed by atoms with Crippen molar-refractivity contribution in [2.75, 3.05) is 0 Å². The summed E-state index contributed by atoms with van der Waals surface area (Å²) in [5.74, 6) is -0.627. The zero-order valence-electron chi connectivity index (χ0n) is 10.8. The van der Waals surface area contributed by atoms with Crippen LogP contribution in [0.25, 0.3) is 0 Å². The van der Waals surface area contributed by atoms with E-state index < -0.39 is 12.4 Å². The zero-order valence-corrected chi connectivity index (χ0v) is 12.4. The molecule has 4 nitrogen and oxygen atoms in total. The summed E-state index contributed by atoms with van der Waals surface area (Å²) in [6.45, 7) is 1.65.